The van der Waals surface area contributed by atoms with Crippen LogP contribution in [0.3, 0.4) is 0 Å². The maximum absolute atomic E-state index is 12.7. The van der Waals surface area contributed by atoms with Crippen molar-refractivity contribution in [3.63, 3.8) is 0 Å². The zero-order valence-electron chi connectivity index (χ0n) is 10.7. The van der Waals surface area contributed by atoms with Crippen LogP contribution in [0.15, 0.2) is 24.3 Å². The van der Waals surface area contributed by atoms with Gasteiger partial charge in [-0.05, 0) is 18.6 Å². The van der Waals surface area contributed by atoms with Crippen molar-refractivity contribution in [1.29, 1.82) is 0 Å². The Balaban J connectivity index is 2.52. The van der Waals surface area contributed by atoms with Gasteiger partial charge in [0.1, 0.15) is 0 Å². The molecular formula is C13H15BrF3NO2. The maximum Gasteiger partial charge on any atom is 0.417 e. The van der Waals surface area contributed by atoms with E-state index in [0.717, 1.165) is 11.4 Å². The molecule has 3 nitrogen and oxygen atoms in total. The van der Waals surface area contributed by atoms with E-state index < -0.39 is 17.6 Å². The molecular weight excluding hydrogens is 339 g/mol. The number of rotatable bonds is 7. The lowest BCUT2D eigenvalue weighted by Gasteiger charge is -2.12. The molecule has 1 amide bonds. The quantitative estimate of drug-likeness (QED) is 0.603. The molecule has 0 aliphatic carbocycles. The second kappa shape index (κ2) is 8.26. The van der Waals surface area contributed by atoms with Gasteiger partial charge in [0, 0.05) is 18.5 Å². The molecule has 0 saturated heterocycles. The van der Waals surface area contributed by atoms with Gasteiger partial charge in [0.05, 0.1) is 17.7 Å². The Bertz CT molecular complexity index is 438. The number of nitrogens with one attached hydrogen (secondary N) is 1. The van der Waals surface area contributed by atoms with E-state index in [4.69, 9.17) is 4.74 Å². The van der Waals surface area contributed by atoms with E-state index in [0.29, 0.717) is 19.6 Å². The number of alkyl halides is 4. The lowest BCUT2D eigenvalue weighted by molar-refractivity contribution is -0.137. The second-order valence-corrected chi connectivity index (χ2v) is 4.75. The minimum atomic E-state index is -4.53. The average Bonchev–Trinajstić information content (AvgIpc) is 2.41. The molecule has 0 spiro atoms. The fourth-order valence-electron chi connectivity index (χ4n) is 1.56. The monoisotopic (exact) mass is 353 g/mol. The predicted octanol–water partition coefficient (Wildman–Crippen LogP) is 3.24. The average molecular weight is 354 g/mol. The summed E-state index contributed by atoms with van der Waals surface area (Å²) in [5, 5.41) is 3.18. The molecule has 0 bridgehead atoms. The topological polar surface area (TPSA) is 38.3 Å². The first-order chi connectivity index (χ1) is 9.46. The molecule has 20 heavy (non-hydrogen) atoms. The fourth-order valence-corrected chi connectivity index (χ4v) is 1.79. The first kappa shape index (κ1) is 17.0. The van der Waals surface area contributed by atoms with Gasteiger partial charge in [0.2, 0.25) is 0 Å². The van der Waals surface area contributed by atoms with Crippen molar-refractivity contribution in [3.05, 3.63) is 35.4 Å². The molecule has 0 atom stereocenters. The van der Waals surface area contributed by atoms with Gasteiger partial charge in [-0.3, -0.25) is 4.79 Å². The van der Waals surface area contributed by atoms with Gasteiger partial charge in [0.25, 0.3) is 5.91 Å². The number of halogens is 4. The molecule has 0 aliphatic rings. The summed E-state index contributed by atoms with van der Waals surface area (Å²) in [7, 11) is 0. The molecule has 1 aromatic carbocycles. The Hall–Kier alpha value is -1.08. The van der Waals surface area contributed by atoms with Crippen LogP contribution in [0.1, 0.15) is 22.3 Å². The van der Waals surface area contributed by atoms with E-state index in [1.165, 1.54) is 18.2 Å². The highest BCUT2D eigenvalue weighted by Crippen LogP contribution is 2.31. The molecule has 0 saturated carbocycles. The number of hydrogen-bond acceptors (Lipinski definition) is 2. The van der Waals surface area contributed by atoms with E-state index in [2.05, 4.69) is 21.2 Å². The van der Waals surface area contributed by atoms with Gasteiger partial charge >= 0.3 is 6.18 Å². The van der Waals surface area contributed by atoms with Crippen LogP contribution in [0, 0.1) is 0 Å². The molecule has 0 aliphatic heterocycles. The SMILES string of the molecule is O=C(NCCCOCCBr)c1ccccc1C(F)(F)F. The Morgan fingerprint density at radius 3 is 2.60 bits per heavy atom. The van der Waals surface area contributed by atoms with Crippen molar-refractivity contribution in [2.24, 2.45) is 0 Å². The molecule has 112 valence electrons. The highest BCUT2D eigenvalue weighted by Gasteiger charge is 2.34. The Labute approximate surface area is 123 Å². The predicted molar refractivity (Wildman–Crippen MR) is 73.0 cm³/mol. The van der Waals surface area contributed by atoms with Crippen LogP contribution in [-0.2, 0) is 10.9 Å². The van der Waals surface area contributed by atoms with Gasteiger partial charge < -0.3 is 10.1 Å². The van der Waals surface area contributed by atoms with Crippen LogP contribution in [0.5, 0.6) is 0 Å². The smallest absolute Gasteiger partial charge is 0.381 e. The van der Waals surface area contributed by atoms with Crippen LogP contribution in [0.2, 0.25) is 0 Å². The minimum Gasteiger partial charge on any atom is -0.381 e. The summed E-state index contributed by atoms with van der Waals surface area (Å²) in [4.78, 5) is 11.7. The highest BCUT2D eigenvalue weighted by atomic mass is 79.9. The first-order valence-corrected chi connectivity index (χ1v) is 7.17. The van der Waals surface area contributed by atoms with E-state index in [9.17, 15) is 18.0 Å². The van der Waals surface area contributed by atoms with Crippen LogP contribution < -0.4 is 5.32 Å². The number of carbonyl (C=O) groups is 1. The molecule has 1 rings (SSSR count). The normalized spacial score (nSPS) is 11.4. The van der Waals surface area contributed by atoms with E-state index in [-0.39, 0.29) is 12.1 Å². The van der Waals surface area contributed by atoms with E-state index in [1.54, 1.807) is 0 Å². The molecule has 1 aromatic rings. The summed E-state index contributed by atoms with van der Waals surface area (Å²) in [5.41, 5.74) is -1.28. The Morgan fingerprint density at radius 2 is 1.95 bits per heavy atom. The molecule has 0 heterocycles. The van der Waals surface area contributed by atoms with Gasteiger partial charge in [-0.2, -0.15) is 13.2 Å². The van der Waals surface area contributed by atoms with Gasteiger partial charge in [-0.15, -0.1) is 0 Å². The largest absolute Gasteiger partial charge is 0.417 e. The first-order valence-electron chi connectivity index (χ1n) is 6.05. The van der Waals surface area contributed by atoms with Crippen molar-refractivity contribution < 1.29 is 22.7 Å². The summed E-state index contributed by atoms with van der Waals surface area (Å²) in [6.07, 6.45) is -3.99. The molecule has 0 unspecified atom stereocenters. The third kappa shape index (κ3) is 5.50. The number of amides is 1. The summed E-state index contributed by atoms with van der Waals surface area (Å²) < 4.78 is 43.4. The lowest BCUT2D eigenvalue weighted by atomic mass is 10.1. The third-order valence-electron chi connectivity index (χ3n) is 2.45. The lowest BCUT2D eigenvalue weighted by Crippen LogP contribution is -2.27. The standard InChI is InChI=1S/C13H15BrF3NO2/c14-6-9-20-8-3-7-18-12(19)10-4-1-2-5-11(10)13(15,16)17/h1-2,4-5H,3,6-9H2,(H,18,19). The van der Waals surface area contributed by atoms with Crippen molar-refractivity contribution >= 4 is 21.8 Å². The van der Waals surface area contributed by atoms with Gasteiger partial charge in [0.15, 0.2) is 0 Å². The summed E-state index contributed by atoms with van der Waals surface area (Å²) in [6.45, 7) is 1.28. The molecule has 0 radical (unpaired) electrons. The van der Waals surface area contributed by atoms with Crippen LogP contribution >= 0.6 is 15.9 Å². The highest BCUT2D eigenvalue weighted by molar-refractivity contribution is 9.09. The molecule has 7 heteroatoms. The summed E-state index contributed by atoms with van der Waals surface area (Å²) >= 11 is 3.20. The maximum atomic E-state index is 12.7. The minimum absolute atomic E-state index is 0.271. The number of hydrogen-bond donors (Lipinski definition) is 1. The number of benzene rings is 1. The fraction of sp³-hybridized carbons (Fsp3) is 0.462. The van der Waals surface area contributed by atoms with Gasteiger partial charge in [-0.25, -0.2) is 0 Å². The van der Waals surface area contributed by atoms with Gasteiger partial charge in [-0.1, -0.05) is 28.1 Å². The Morgan fingerprint density at radius 1 is 1.25 bits per heavy atom. The van der Waals surface area contributed by atoms with Crippen molar-refractivity contribution in [2.75, 3.05) is 25.1 Å². The van der Waals surface area contributed by atoms with E-state index in [1.807, 2.05) is 0 Å². The molecule has 0 fully saturated rings. The van der Waals surface area contributed by atoms with Crippen molar-refractivity contribution in [3.8, 4) is 0 Å². The van der Waals surface area contributed by atoms with Crippen LogP contribution in [0.25, 0.3) is 0 Å². The van der Waals surface area contributed by atoms with Crippen LogP contribution in [-0.4, -0.2) is 31.0 Å². The van der Waals surface area contributed by atoms with Crippen molar-refractivity contribution in [2.45, 2.75) is 12.6 Å². The molecule has 1 N–H and O–H groups in total. The van der Waals surface area contributed by atoms with Crippen LogP contribution in [0.4, 0.5) is 13.2 Å². The second-order valence-electron chi connectivity index (χ2n) is 3.95. The number of ether oxygens (including phenoxy) is 1. The zero-order chi connectivity index (χ0) is 15.0. The van der Waals surface area contributed by atoms with Crippen molar-refractivity contribution in [1.82, 2.24) is 5.32 Å². The summed E-state index contributed by atoms with van der Waals surface area (Å²) in [6, 6.07) is 4.73. The third-order valence-corrected chi connectivity index (χ3v) is 2.77. The molecule has 0 aromatic heterocycles. The Kier molecular flexibility index (Phi) is 7.01. The van der Waals surface area contributed by atoms with E-state index >= 15 is 0 Å². The number of carbonyl (C=O) groups excluding carboxylic acids is 1. The summed E-state index contributed by atoms with van der Waals surface area (Å²) in [5.74, 6) is -0.724. The zero-order valence-corrected chi connectivity index (χ0v) is 12.3.